The van der Waals surface area contributed by atoms with Gasteiger partial charge in [0, 0.05) is 12.1 Å². The molecule has 1 aliphatic heterocycles. The van der Waals surface area contributed by atoms with E-state index in [1.165, 1.54) is 31.7 Å². The molecule has 15 heavy (non-hydrogen) atoms. The molecule has 0 radical (unpaired) electrons. The molecule has 1 saturated heterocycles. The van der Waals surface area contributed by atoms with Gasteiger partial charge in [0.05, 0.1) is 0 Å². The molecular formula is C12H26N2S. The van der Waals surface area contributed by atoms with E-state index in [0.29, 0.717) is 0 Å². The van der Waals surface area contributed by atoms with Gasteiger partial charge in [-0.25, -0.2) is 0 Å². The van der Waals surface area contributed by atoms with Gasteiger partial charge in [-0.2, -0.15) is 11.8 Å². The van der Waals surface area contributed by atoms with Gasteiger partial charge in [0.25, 0.3) is 0 Å². The highest BCUT2D eigenvalue weighted by Gasteiger charge is 2.30. The van der Waals surface area contributed by atoms with Crippen molar-refractivity contribution in [1.29, 1.82) is 0 Å². The average molecular weight is 230 g/mol. The van der Waals surface area contributed by atoms with Crippen LogP contribution in [0.5, 0.6) is 0 Å². The summed E-state index contributed by atoms with van der Waals surface area (Å²) in [6, 6.07) is 1.45. The minimum Gasteiger partial charge on any atom is -0.317 e. The highest BCUT2D eigenvalue weighted by molar-refractivity contribution is 7.98. The summed E-state index contributed by atoms with van der Waals surface area (Å²) in [4.78, 5) is 2.66. The molecule has 3 atom stereocenters. The molecule has 3 unspecified atom stereocenters. The number of hydrogen-bond donors (Lipinski definition) is 1. The van der Waals surface area contributed by atoms with E-state index >= 15 is 0 Å². The maximum atomic E-state index is 3.44. The van der Waals surface area contributed by atoms with Crippen LogP contribution in [-0.4, -0.2) is 49.1 Å². The van der Waals surface area contributed by atoms with E-state index < -0.39 is 0 Å². The molecule has 3 heteroatoms. The lowest BCUT2D eigenvalue weighted by Crippen LogP contribution is -2.52. The Morgan fingerprint density at radius 1 is 1.40 bits per heavy atom. The Bertz CT molecular complexity index is 173. The lowest BCUT2D eigenvalue weighted by molar-refractivity contribution is 0.0882. The van der Waals surface area contributed by atoms with E-state index in [9.17, 15) is 0 Å². The van der Waals surface area contributed by atoms with Gasteiger partial charge in [-0.3, -0.25) is 0 Å². The van der Waals surface area contributed by atoms with Crippen molar-refractivity contribution in [2.45, 2.75) is 38.8 Å². The second kappa shape index (κ2) is 6.77. The third-order valence-corrected chi connectivity index (χ3v) is 4.56. The van der Waals surface area contributed by atoms with Crippen LogP contribution in [0.4, 0.5) is 0 Å². The van der Waals surface area contributed by atoms with Crippen LogP contribution in [0.1, 0.15) is 26.7 Å². The molecule has 1 aliphatic rings. The summed E-state index contributed by atoms with van der Waals surface area (Å²) in [6.07, 6.45) is 4.84. The minimum absolute atomic E-state index is 0.719. The van der Waals surface area contributed by atoms with Crippen molar-refractivity contribution >= 4 is 11.8 Å². The fourth-order valence-corrected chi connectivity index (χ4v) is 2.99. The summed E-state index contributed by atoms with van der Waals surface area (Å²) in [5.74, 6) is 2.07. The molecule has 0 aliphatic carbocycles. The number of thioether (sulfide) groups is 1. The molecule has 0 aromatic heterocycles. The molecular weight excluding hydrogens is 204 g/mol. The Labute approximate surface area is 99.2 Å². The van der Waals surface area contributed by atoms with Gasteiger partial charge in [0.1, 0.15) is 0 Å². The number of nitrogens with zero attached hydrogens (tertiary/aromatic N) is 1. The van der Waals surface area contributed by atoms with Gasteiger partial charge in [0.15, 0.2) is 0 Å². The van der Waals surface area contributed by atoms with Crippen molar-refractivity contribution in [3.05, 3.63) is 0 Å². The van der Waals surface area contributed by atoms with Crippen molar-refractivity contribution in [3.63, 3.8) is 0 Å². The van der Waals surface area contributed by atoms with Crippen LogP contribution in [0.2, 0.25) is 0 Å². The van der Waals surface area contributed by atoms with E-state index in [1.807, 2.05) is 11.8 Å². The summed E-state index contributed by atoms with van der Waals surface area (Å²) in [5.41, 5.74) is 0. The van der Waals surface area contributed by atoms with Crippen molar-refractivity contribution in [2.75, 3.05) is 32.1 Å². The molecule has 1 rings (SSSR count). The first-order valence-corrected chi connectivity index (χ1v) is 7.50. The van der Waals surface area contributed by atoms with E-state index in [1.54, 1.807) is 0 Å². The number of piperidine rings is 1. The lowest BCUT2D eigenvalue weighted by atomic mass is 9.87. The van der Waals surface area contributed by atoms with E-state index in [4.69, 9.17) is 0 Å². The van der Waals surface area contributed by atoms with Gasteiger partial charge in [0.2, 0.25) is 0 Å². The Kier molecular flexibility index (Phi) is 6.02. The van der Waals surface area contributed by atoms with Crippen molar-refractivity contribution in [3.8, 4) is 0 Å². The van der Waals surface area contributed by atoms with Gasteiger partial charge in [-0.15, -0.1) is 0 Å². The highest BCUT2D eigenvalue weighted by atomic mass is 32.2. The standard InChI is InChI=1S/C12H26N2S/c1-10-11(2)14(7-5-9-15-4)8-6-12(10)13-3/h10-13H,5-9H2,1-4H3. The third-order valence-electron chi connectivity index (χ3n) is 3.86. The number of likely N-dealkylation sites (tertiary alicyclic amines) is 1. The van der Waals surface area contributed by atoms with E-state index in [0.717, 1.165) is 18.0 Å². The van der Waals surface area contributed by atoms with Gasteiger partial charge < -0.3 is 10.2 Å². The SMILES string of the molecule is CNC1CCN(CCCSC)C(C)C1C. The van der Waals surface area contributed by atoms with Crippen LogP contribution in [-0.2, 0) is 0 Å². The van der Waals surface area contributed by atoms with Gasteiger partial charge in [-0.05, 0) is 57.8 Å². The van der Waals surface area contributed by atoms with E-state index in [-0.39, 0.29) is 0 Å². The number of rotatable bonds is 5. The monoisotopic (exact) mass is 230 g/mol. The van der Waals surface area contributed by atoms with Crippen LogP contribution in [0.15, 0.2) is 0 Å². The Morgan fingerprint density at radius 3 is 2.73 bits per heavy atom. The Balaban J connectivity index is 2.35. The molecule has 0 saturated carbocycles. The maximum absolute atomic E-state index is 3.44. The first-order valence-electron chi connectivity index (χ1n) is 6.11. The zero-order valence-corrected chi connectivity index (χ0v) is 11.4. The van der Waals surface area contributed by atoms with Gasteiger partial charge in [-0.1, -0.05) is 6.92 Å². The number of nitrogens with one attached hydrogen (secondary N) is 1. The van der Waals surface area contributed by atoms with Crippen LogP contribution in [0, 0.1) is 5.92 Å². The minimum atomic E-state index is 0.719. The van der Waals surface area contributed by atoms with Crippen molar-refractivity contribution < 1.29 is 0 Å². The smallest absolute Gasteiger partial charge is 0.0117 e. The second-order valence-electron chi connectivity index (χ2n) is 4.67. The molecule has 1 heterocycles. The number of hydrogen-bond acceptors (Lipinski definition) is 3. The zero-order chi connectivity index (χ0) is 11.3. The van der Waals surface area contributed by atoms with Gasteiger partial charge >= 0.3 is 0 Å². The first kappa shape index (κ1) is 13.3. The fourth-order valence-electron chi connectivity index (χ4n) is 2.57. The summed E-state index contributed by atoms with van der Waals surface area (Å²) in [6.45, 7) is 7.31. The third kappa shape index (κ3) is 3.65. The molecule has 0 aromatic rings. The predicted octanol–water partition coefficient (Wildman–Crippen LogP) is 2.06. The van der Waals surface area contributed by atoms with E-state index in [2.05, 4.69) is 37.4 Å². The molecule has 0 amide bonds. The fraction of sp³-hybridized carbons (Fsp3) is 1.00. The highest BCUT2D eigenvalue weighted by Crippen LogP contribution is 2.23. The predicted molar refractivity (Wildman–Crippen MR) is 70.7 cm³/mol. The van der Waals surface area contributed by atoms with Crippen LogP contribution in [0.3, 0.4) is 0 Å². The Hall–Kier alpha value is 0.270. The van der Waals surface area contributed by atoms with Crippen LogP contribution >= 0.6 is 11.8 Å². The largest absolute Gasteiger partial charge is 0.317 e. The van der Waals surface area contributed by atoms with Crippen molar-refractivity contribution in [1.82, 2.24) is 10.2 Å². The lowest BCUT2D eigenvalue weighted by Gasteiger charge is -2.42. The Morgan fingerprint density at radius 2 is 2.13 bits per heavy atom. The second-order valence-corrected chi connectivity index (χ2v) is 5.65. The average Bonchev–Trinajstić information content (AvgIpc) is 2.25. The molecule has 90 valence electrons. The quantitative estimate of drug-likeness (QED) is 0.728. The topological polar surface area (TPSA) is 15.3 Å². The summed E-state index contributed by atoms with van der Waals surface area (Å²) in [5, 5.41) is 3.44. The molecule has 0 bridgehead atoms. The summed E-state index contributed by atoms with van der Waals surface area (Å²) >= 11 is 1.96. The van der Waals surface area contributed by atoms with Crippen LogP contribution in [0.25, 0.3) is 0 Å². The molecule has 0 spiro atoms. The summed E-state index contributed by atoms with van der Waals surface area (Å²) in [7, 11) is 2.09. The molecule has 1 fully saturated rings. The maximum Gasteiger partial charge on any atom is 0.0117 e. The molecule has 2 nitrogen and oxygen atoms in total. The first-order chi connectivity index (χ1) is 7.20. The molecule has 1 N–H and O–H groups in total. The zero-order valence-electron chi connectivity index (χ0n) is 10.6. The normalized spacial score (nSPS) is 33.2. The molecule has 0 aromatic carbocycles. The van der Waals surface area contributed by atoms with Crippen molar-refractivity contribution in [2.24, 2.45) is 5.92 Å². The summed E-state index contributed by atoms with van der Waals surface area (Å²) < 4.78 is 0. The van der Waals surface area contributed by atoms with Crippen LogP contribution < -0.4 is 5.32 Å².